The van der Waals surface area contributed by atoms with Gasteiger partial charge in [-0.25, -0.2) is 4.98 Å². The van der Waals surface area contributed by atoms with Gasteiger partial charge in [-0.1, -0.05) is 28.1 Å². The van der Waals surface area contributed by atoms with Crippen molar-refractivity contribution >= 4 is 38.9 Å². The highest BCUT2D eigenvalue weighted by Crippen LogP contribution is 2.27. The van der Waals surface area contributed by atoms with Crippen molar-refractivity contribution in [2.45, 2.75) is 6.92 Å². The molecule has 0 atom stereocenters. The summed E-state index contributed by atoms with van der Waals surface area (Å²) in [6.07, 6.45) is 1.65. The lowest BCUT2D eigenvalue weighted by molar-refractivity contribution is 0.328. The van der Waals surface area contributed by atoms with Gasteiger partial charge < -0.3 is 10.5 Å². The second-order valence-electron chi connectivity index (χ2n) is 6.75. The van der Waals surface area contributed by atoms with Crippen LogP contribution in [0.1, 0.15) is 12.5 Å². The minimum atomic E-state index is -0.292. The normalized spacial score (nSPS) is 11.3. The van der Waals surface area contributed by atoms with Crippen LogP contribution in [0.25, 0.3) is 27.8 Å². The maximum absolute atomic E-state index is 13.6. The number of aromatic nitrogens is 3. The van der Waals surface area contributed by atoms with Crippen molar-refractivity contribution in [3.63, 3.8) is 0 Å². The van der Waals surface area contributed by atoms with Crippen LogP contribution in [0.4, 0.5) is 5.69 Å². The number of ether oxygens (including phenoxy) is 1. The van der Waals surface area contributed by atoms with Gasteiger partial charge in [0.25, 0.3) is 5.56 Å². The van der Waals surface area contributed by atoms with Crippen LogP contribution in [0.3, 0.4) is 0 Å². The predicted octanol–water partition coefficient (Wildman–Crippen LogP) is 4.24. The maximum atomic E-state index is 13.6. The number of benzene rings is 2. The summed E-state index contributed by atoms with van der Waals surface area (Å²) in [6.45, 7) is 2.36. The van der Waals surface area contributed by atoms with E-state index in [1.165, 1.54) is 4.68 Å². The number of halogens is 1. The van der Waals surface area contributed by atoms with Crippen molar-refractivity contribution in [2.24, 2.45) is 4.99 Å². The van der Waals surface area contributed by atoms with Crippen LogP contribution in [0.15, 0.2) is 68.9 Å². The lowest BCUT2D eigenvalue weighted by atomic mass is 10.1. The van der Waals surface area contributed by atoms with E-state index in [2.05, 4.69) is 31.0 Å². The summed E-state index contributed by atoms with van der Waals surface area (Å²) < 4.78 is 7.84. The minimum absolute atomic E-state index is 0.292. The fraction of sp³-hybridized carbons (Fsp3) is 0.130. The van der Waals surface area contributed by atoms with E-state index in [-0.39, 0.29) is 5.56 Å². The van der Waals surface area contributed by atoms with Crippen LogP contribution >= 0.6 is 15.9 Å². The molecule has 4 rings (SSSR count). The summed E-state index contributed by atoms with van der Waals surface area (Å²) >= 11 is 3.44. The molecule has 0 aliphatic carbocycles. The van der Waals surface area contributed by atoms with E-state index in [0.29, 0.717) is 46.0 Å². The molecule has 0 saturated heterocycles. The average Bonchev–Trinajstić information content (AvgIpc) is 2.76. The number of nitrogens with two attached hydrogens (primary N) is 1. The van der Waals surface area contributed by atoms with Crippen LogP contribution in [-0.4, -0.2) is 34.6 Å². The average molecular weight is 478 g/mol. The summed E-state index contributed by atoms with van der Waals surface area (Å²) in [5.74, 6) is 0.446. The molecule has 0 fully saturated rings. The molecule has 0 amide bonds. The quantitative estimate of drug-likeness (QED) is 0.342. The van der Waals surface area contributed by atoms with Gasteiger partial charge in [0.1, 0.15) is 11.0 Å². The maximum Gasteiger partial charge on any atom is 0.281 e. The number of pyridine rings is 1. The summed E-state index contributed by atoms with van der Waals surface area (Å²) in [5.41, 5.74) is 9.85. The van der Waals surface area contributed by atoms with Crippen LogP contribution in [0.2, 0.25) is 0 Å². The Kier molecular flexibility index (Phi) is 5.81. The first-order chi connectivity index (χ1) is 15.0. The lowest BCUT2D eigenvalue weighted by Crippen LogP contribution is -2.24. The van der Waals surface area contributed by atoms with Gasteiger partial charge in [-0.15, -0.1) is 0 Å². The van der Waals surface area contributed by atoms with E-state index in [4.69, 9.17) is 10.5 Å². The van der Waals surface area contributed by atoms with Crippen molar-refractivity contribution in [2.75, 3.05) is 19.4 Å². The molecule has 31 heavy (non-hydrogen) atoms. The molecule has 0 unspecified atom stereocenters. The molecule has 2 heterocycles. The van der Waals surface area contributed by atoms with Gasteiger partial charge in [0.15, 0.2) is 0 Å². The number of aliphatic imine (C=N–C) groups is 1. The standard InChI is InChI=1S/C23H20BrN5O2/c1-3-31-20-11-10-19-22(27-20)21(14-4-6-16(24)7-5-14)23(30)29(28-19)17-8-9-18(25)15(12-17)13-26-2/h4-13H,3,25H2,1-2H3. The van der Waals surface area contributed by atoms with Gasteiger partial charge in [-0.05, 0) is 48.9 Å². The smallest absolute Gasteiger partial charge is 0.281 e. The molecule has 8 heteroatoms. The first-order valence-corrected chi connectivity index (χ1v) is 10.5. The molecular weight excluding hydrogens is 458 g/mol. The molecule has 0 saturated carbocycles. The highest BCUT2D eigenvalue weighted by atomic mass is 79.9. The molecule has 156 valence electrons. The highest BCUT2D eigenvalue weighted by Gasteiger charge is 2.17. The molecule has 0 bridgehead atoms. The number of rotatable bonds is 5. The second-order valence-corrected chi connectivity index (χ2v) is 7.67. The number of nitrogen functional groups attached to an aromatic ring is 1. The number of hydrogen-bond donors (Lipinski definition) is 1. The largest absolute Gasteiger partial charge is 0.478 e. The van der Waals surface area contributed by atoms with Gasteiger partial charge in [0.2, 0.25) is 5.88 Å². The number of nitrogens with zero attached hydrogens (tertiary/aromatic N) is 4. The number of fused-ring (bicyclic) bond motifs is 1. The Morgan fingerprint density at radius 2 is 1.94 bits per heavy atom. The first-order valence-electron chi connectivity index (χ1n) is 9.66. The van der Waals surface area contributed by atoms with E-state index >= 15 is 0 Å². The second kappa shape index (κ2) is 8.69. The molecule has 7 nitrogen and oxygen atoms in total. The molecule has 4 aromatic rings. The van der Waals surface area contributed by atoms with Crippen molar-refractivity contribution in [3.05, 3.63) is 75.0 Å². The van der Waals surface area contributed by atoms with E-state index in [9.17, 15) is 4.79 Å². The Morgan fingerprint density at radius 3 is 2.65 bits per heavy atom. The molecule has 0 radical (unpaired) electrons. The van der Waals surface area contributed by atoms with Crippen LogP contribution in [0.5, 0.6) is 5.88 Å². The van der Waals surface area contributed by atoms with Crippen LogP contribution < -0.4 is 16.0 Å². The van der Waals surface area contributed by atoms with E-state index < -0.39 is 0 Å². The van der Waals surface area contributed by atoms with Gasteiger partial charge in [-0.2, -0.15) is 9.78 Å². The highest BCUT2D eigenvalue weighted by molar-refractivity contribution is 9.10. The number of hydrogen-bond acceptors (Lipinski definition) is 6. The number of anilines is 1. The molecule has 0 spiro atoms. The Hall–Kier alpha value is -3.52. The Labute approximate surface area is 187 Å². The van der Waals surface area contributed by atoms with Gasteiger partial charge in [0.05, 0.1) is 17.9 Å². The molecule has 2 N–H and O–H groups in total. The van der Waals surface area contributed by atoms with Crippen LogP contribution in [-0.2, 0) is 0 Å². The molecule has 0 aliphatic rings. The van der Waals surface area contributed by atoms with E-state index in [1.54, 1.807) is 43.6 Å². The van der Waals surface area contributed by atoms with Crippen LogP contribution in [0, 0.1) is 0 Å². The van der Waals surface area contributed by atoms with Gasteiger partial charge in [0, 0.05) is 35.1 Å². The predicted molar refractivity (Wildman–Crippen MR) is 127 cm³/mol. The van der Waals surface area contributed by atoms with Gasteiger partial charge in [-0.3, -0.25) is 9.79 Å². The topological polar surface area (TPSA) is 95.4 Å². The Balaban J connectivity index is 2.03. The SMILES string of the molecule is CCOc1ccc2nn(-c3ccc(N)c(C=NC)c3)c(=O)c(-c3ccc(Br)cc3)c2n1. The van der Waals surface area contributed by atoms with Crippen molar-refractivity contribution in [1.82, 2.24) is 14.8 Å². The summed E-state index contributed by atoms with van der Waals surface area (Å²) in [7, 11) is 1.67. The molecule has 2 aromatic carbocycles. The zero-order valence-corrected chi connectivity index (χ0v) is 18.6. The van der Waals surface area contributed by atoms with Crippen molar-refractivity contribution in [1.29, 1.82) is 0 Å². The summed E-state index contributed by atoms with van der Waals surface area (Å²) in [5, 5.41) is 4.57. The van der Waals surface area contributed by atoms with Gasteiger partial charge >= 0.3 is 0 Å². The minimum Gasteiger partial charge on any atom is -0.478 e. The third-order valence-electron chi connectivity index (χ3n) is 4.71. The third-order valence-corrected chi connectivity index (χ3v) is 5.24. The fourth-order valence-corrected chi connectivity index (χ4v) is 3.55. The summed E-state index contributed by atoms with van der Waals surface area (Å²) in [4.78, 5) is 22.2. The molecule has 0 aliphatic heterocycles. The lowest BCUT2D eigenvalue weighted by Gasteiger charge is -2.13. The molecular formula is C23H20BrN5O2. The van der Waals surface area contributed by atoms with E-state index in [1.807, 2.05) is 31.2 Å². The monoisotopic (exact) mass is 477 g/mol. The zero-order chi connectivity index (χ0) is 22.0. The van der Waals surface area contributed by atoms with Crippen molar-refractivity contribution in [3.8, 4) is 22.7 Å². The van der Waals surface area contributed by atoms with E-state index in [0.717, 1.165) is 10.0 Å². The molecule has 2 aromatic heterocycles. The third kappa shape index (κ3) is 4.06. The van der Waals surface area contributed by atoms with Crippen molar-refractivity contribution < 1.29 is 4.74 Å². The zero-order valence-electron chi connectivity index (χ0n) is 17.0. The summed E-state index contributed by atoms with van der Waals surface area (Å²) in [6, 6.07) is 16.4. The Morgan fingerprint density at radius 1 is 1.16 bits per heavy atom. The first kappa shape index (κ1) is 20.7. The fourth-order valence-electron chi connectivity index (χ4n) is 3.28. The Bertz CT molecular complexity index is 1350.